The second-order valence-corrected chi connectivity index (χ2v) is 5.70. The highest BCUT2D eigenvalue weighted by Crippen LogP contribution is 2.30. The van der Waals surface area contributed by atoms with Gasteiger partial charge in [-0.25, -0.2) is 4.98 Å². The molecule has 2 rings (SSSR count). The maximum absolute atomic E-state index is 11.5. The minimum atomic E-state index is -0.0884. The molecule has 0 saturated carbocycles. The second-order valence-electron chi connectivity index (χ2n) is 4.20. The maximum Gasteiger partial charge on any atom is 0.161 e. The monoisotopic (exact) mass is 302 g/mol. The van der Waals surface area contributed by atoms with Crippen molar-refractivity contribution in [2.24, 2.45) is 0 Å². The minimum absolute atomic E-state index is 0.0884. The van der Waals surface area contributed by atoms with Crippen LogP contribution in [0.2, 0.25) is 5.02 Å². The third-order valence-corrected chi connectivity index (χ3v) is 3.97. The number of carbonyl (C=O) groups excluding carboxylic acids is 1. The van der Waals surface area contributed by atoms with Gasteiger partial charge in [-0.2, -0.15) is 5.26 Å². The summed E-state index contributed by atoms with van der Waals surface area (Å²) in [6.45, 7) is 3.24. The Kier molecular flexibility index (Phi) is 4.43. The summed E-state index contributed by atoms with van der Waals surface area (Å²) < 4.78 is 0. The molecule has 20 heavy (non-hydrogen) atoms. The number of hydrogen-bond donors (Lipinski definition) is 0. The molecule has 0 saturated heterocycles. The van der Waals surface area contributed by atoms with Gasteiger partial charge in [0.15, 0.2) is 5.78 Å². The van der Waals surface area contributed by atoms with Gasteiger partial charge in [-0.3, -0.25) is 4.79 Å². The number of aromatic nitrogens is 1. The predicted octanol–water partition coefficient (Wildman–Crippen LogP) is 4.27. The van der Waals surface area contributed by atoms with Crippen LogP contribution in [-0.4, -0.2) is 10.8 Å². The Balaban J connectivity index is 2.42. The Morgan fingerprint density at radius 1 is 1.35 bits per heavy atom. The molecular formula is C15H11ClN2OS. The Labute approximate surface area is 126 Å². The van der Waals surface area contributed by atoms with Crippen LogP contribution in [0.25, 0.3) is 0 Å². The lowest BCUT2D eigenvalue weighted by Gasteiger charge is -2.07. The second kappa shape index (κ2) is 6.08. The standard InChI is InChI=1S/C15H11ClN2OS/c1-9-14(10(2)19)7-11(8-17)15(18-9)20-13-5-3-12(16)4-6-13/h3-7H,1-2H3. The summed E-state index contributed by atoms with van der Waals surface area (Å²) in [5.74, 6) is -0.0884. The first-order valence-electron chi connectivity index (χ1n) is 5.87. The number of carbonyl (C=O) groups is 1. The van der Waals surface area contributed by atoms with Gasteiger partial charge in [-0.15, -0.1) is 0 Å². The summed E-state index contributed by atoms with van der Waals surface area (Å²) in [7, 11) is 0. The van der Waals surface area contributed by atoms with Crippen LogP contribution in [0.1, 0.15) is 28.5 Å². The molecular weight excluding hydrogens is 292 g/mol. The highest BCUT2D eigenvalue weighted by molar-refractivity contribution is 7.99. The Hall–Kier alpha value is -1.83. The van der Waals surface area contributed by atoms with Crippen molar-refractivity contribution in [3.63, 3.8) is 0 Å². The van der Waals surface area contributed by atoms with Crippen molar-refractivity contribution in [2.75, 3.05) is 0 Å². The van der Waals surface area contributed by atoms with Gasteiger partial charge in [0.25, 0.3) is 0 Å². The first-order chi connectivity index (χ1) is 9.51. The molecule has 0 spiro atoms. The average molecular weight is 303 g/mol. The fourth-order valence-corrected chi connectivity index (χ4v) is 2.73. The van der Waals surface area contributed by atoms with E-state index in [9.17, 15) is 10.1 Å². The molecule has 1 aromatic heterocycles. The molecule has 3 nitrogen and oxygen atoms in total. The van der Waals surface area contributed by atoms with E-state index in [-0.39, 0.29) is 5.78 Å². The third kappa shape index (κ3) is 3.19. The number of ketones is 1. The minimum Gasteiger partial charge on any atom is -0.294 e. The maximum atomic E-state index is 11.5. The lowest BCUT2D eigenvalue weighted by Crippen LogP contribution is -2.01. The first-order valence-corrected chi connectivity index (χ1v) is 7.07. The molecule has 0 amide bonds. The molecule has 0 aliphatic carbocycles. The topological polar surface area (TPSA) is 53.8 Å². The lowest BCUT2D eigenvalue weighted by molar-refractivity contribution is 0.101. The molecule has 0 N–H and O–H groups in total. The summed E-state index contributed by atoms with van der Waals surface area (Å²) in [6, 6.07) is 11.0. The number of rotatable bonds is 3. The molecule has 0 unspecified atom stereocenters. The molecule has 0 bridgehead atoms. The molecule has 0 aliphatic heterocycles. The Bertz CT molecular complexity index is 705. The van der Waals surface area contributed by atoms with Crippen molar-refractivity contribution in [1.82, 2.24) is 4.98 Å². The van der Waals surface area contributed by atoms with E-state index >= 15 is 0 Å². The van der Waals surface area contributed by atoms with Crippen LogP contribution in [0.15, 0.2) is 40.3 Å². The van der Waals surface area contributed by atoms with Gasteiger partial charge in [0.05, 0.1) is 5.56 Å². The summed E-state index contributed by atoms with van der Waals surface area (Å²) in [4.78, 5) is 16.8. The van der Waals surface area contributed by atoms with Crippen molar-refractivity contribution in [1.29, 1.82) is 5.26 Å². The number of Topliss-reactive ketones (excluding diaryl/α,β-unsaturated/α-hetero) is 1. The van der Waals surface area contributed by atoms with Gasteiger partial charge in [0.1, 0.15) is 11.1 Å². The molecule has 100 valence electrons. The number of benzene rings is 1. The van der Waals surface area contributed by atoms with Crippen LogP contribution in [0.4, 0.5) is 0 Å². The zero-order valence-corrected chi connectivity index (χ0v) is 12.5. The smallest absolute Gasteiger partial charge is 0.161 e. The van der Waals surface area contributed by atoms with Gasteiger partial charge >= 0.3 is 0 Å². The van der Waals surface area contributed by atoms with Crippen molar-refractivity contribution in [3.8, 4) is 6.07 Å². The van der Waals surface area contributed by atoms with Gasteiger partial charge < -0.3 is 0 Å². The normalized spacial score (nSPS) is 10.1. The van der Waals surface area contributed by atoms with Crippen molar-refractivity contribution >= 4 is 29.1 Å². The SMILES string of the molecule is CC(=O)c1cc(C#N)c(Sc2ccc(Cl)cc2)nc1C. The summed E-state index contributed by atoms with van der Waals surface area (Å²) in [6.07, 6.45) is 0. The Morgan fingerprint density at radius 2 is 2.00 bits per heavy atom. The number of halogens is 1. The summed E-state index contributed by atoms with van der Waals surface area (Å²) >= 11 is 7.22. The highest BCUT2D eigenvalue weighted by Gasteiger charge is 2.13. The van der Waals surface area contributed by atoms with E-state index in [1.807, 2.05) is 12.1 Å². The summed E-state index contributed by atoms with van der Waals surface area (Å²) in [5.41, 5.74) is 1.52. The van der Waals surface area contributed by atoms with Crippen LogP contribution in [0.5, 0.6) is 0 Å². The van der Waals surface area contributed by atoms with Crippen molar-refractivity contribution in [3.05, 3.63) is 52.2 Å². The van der Waals surface area contributed by atoms with Crippen LogP contribution >= 0.6 is 23.4 Å². The van der Waals surface area contributed by atoms with E-state index in [2.05, 4.69) is 11.1 Å². The quantitative estimate of drug-likeness (QED) is 0.795. The predicted molar refractivity (Wildman–Crippen MR) is 79.3 cm³/mol. The van der Waals surface area contributed by atoms with Crippen LogP contribution < -0.4 is 0 Å². The van der Waals surface area contributed by atoms with Gasteiger partial charge in [0.2, 0.25) is 0 Å². The van der Waals surface area contributed by atoms with E-state index in [1.54, 1.807) is 25.1 Å². The molecule has 0 aliphatic rings. The molecule has 5 heteroatoms. The number of pyridine rings is 1. The highest BCUT2D eigenvalue weighted by atomic mass is 35.5. The average Bonchev–Trinajstić information content (AvgIpc) is 2.41. The molecule has 0 radical (unpaired) electrons. The van der Waals surface area contributed by atoms with E-state index < -0.39 is 0 Å². The summed E-state index contributed by atoms with van der Waals surface area (Å²) in [5, 5.41) is 10.5. The van der Waals surface area contributed by atoms with Gasteiger partial charge in [0, 0.05) is 21.2 Å². The number of nitrogens with zero attached hydrogens (tertiary/aromatic N) is 2. The van der Waals surface area contributed by atoms with Crippen molar-refractivity contribution < 1.29 is 4.79 Å². The van der Waals surface area contributed by atoms with Gasteiger partial charge in [-0.05, 0) is 44.2 Å². The lowest BCUT2D eigenvalue weighted by atomic mass is 10.1. The van der Waals surface area contributed by atoms with E-state index in [0.29, 0.717) is 26.9 Å². The largest absolute Gasteiger partial charge is 0.294 e. The molecule has 0 fully saturated rings. The zero-order chi connectivity index (χ0) is 14.7. The van der Waals surface area contributed by atoms with Crippen LogP contribution in [0.3, 0.4) is 0 Å². The fraction of sp³-hybridized carbons (Fsp3) is 0.133. The molecule has 0 atom stereocenters. The number of hydrogen-bond acceptors (Lipinski definition) is 4. The fourth-order valence-electron chi connectivity index (χ4n) is 1.71. The third-order valence-electron chi connectivity index (χ3n) is 2.71. The van der Waals surface area contributed by atoms with Gasteiger partial charge in [-0.1, -0.05) is 23.4 Å². The van der Waals surface area contributed by atoms with Crippen LogP contribution in [0, 0.1) is 18.3 Å². The van der Waals surface area contributed by atoms with E-state index in [0.717, 1.165) is 4.90 Å². The number of nitriles is 1. The molecule has 2 aromatic rings. The Morgan fingerprint density at radius 3 is 2.55 bits per heavy atom. The van der Waals surface area contributed by atoms with Crippen molar-refractivity contribution in [2.45, 2.75) is 23.8 Å². The van der Waals surface area contributed by atoms with E-state index in [4.69, 9.17) is 11.6 Å². The molecule has 1 aromatic carbocycles. The number of aryl methyl sites for hydroxylation is 1. The first kappa shape index (κ1) is 14.6. The van der Waals surface area contributed by atoms with E-state index in [1.165, 1.54) is 18.7 Å². The zero-order valence-electron chi connectivity index (χ0n) is 11.0. The molecule has 1 heterocycles. The van der Waals surface area contributed by atoms with Crippen LogP contribution in [-0.2, 0) is 0 Å².